The summed E-state index contributed by atoms with van der Waals surface area (Å²) in [4.78, 5) is 12.2. The molecule has 4 nitrogen and oxygen atoms in total. The van der Waals surface area contributed by atoms with Crippen LogP contribution < -0.4 is 16.4 Å². The number of benzene rings is 1. The standard InChI is InChI=1S/C14H21N3OS/c1-9(2)8-16-14(18)10(3)17-12-6-4-11(5-7-12)13(15)19/h4-7,9-10,17H,8H2,1-3H3,(H2,15,19)(H,16,18). The van der Waals surface area contributed by atoms with Crippen molar-refractivity contribution in [1.29, 1.82) is 0 Å². The average molecular weight is 279 g/mol. The van der Waals surface area contributed by atoms with Gasteiger partial charge in [-0.25, -0.2) is 0 Å². The topological polar surface area (TPSA) is 67.2 Å². The highest BCUT2D eigenvalue weighted by atomic mass is 32.1. The number of nitrogens with one attached hydrogen (secondary N) is 2. The Bertz CT molecular complexity index is 443. The molecule has 0 saturated heterocycles. The molecule has 0 saturated carbocycles. The molecule has 0 aromatic heterocycles. The van der Waals surface area contributed by atoms with Crippen molar-refractivity contribution in [2.45, 2.75) is 26.8 Å². The van der Waals surface area contributed by atoms with E-state index in [0.29, 0.717) is 17.5 Å². The first kappa shape index (κ1) is 15.4. The van der Waals surface area contributed by atoms with E-state index in [0.717, 1.165) is 11.3 Å². The third-order valence-electron chi connectivity index (χ3n) is 2.63. The predicted octanol–water partition coefficient (Wildman–Crippen LogP) is 1.89. The fourth-order valence-corrected chi connectivity index (χ4v) is 1.64. The largest absolute Gasteiger partial charge is 0.389 e. The number of carbonyl (C=O) groups excluding carboxylic acids is 1. The van der Waals surface area contributed by atoms with E-state index in [4.69, 9.17) is 18.0 Å². The number of anilines is 1. The third-order valence-corrected chi connectivity index (χ3v) is 2.87. The van der Waals surface area contributed by atoms with Crippen LogP contribution in [0.5, 0.6) is 0 Å². The highest BCUT2D eigenvalue weighted by molar-refractivity contribution is 7.80. The van der Waals surface area contributed by atoms with Crippen molar-refractivity contribution in [3.63, 3.8) is 0 Å². The normalized spacial score (nSPS) is 12.0. The van der Waals surface area contributed by atoms with E-state index in [2.05, 4.69) is 24.5 Å². The summed E-state index contributed by atoms with van der Waals surface area (Å²) >= 11 is 4.89. The summed E-state index contributed by atoms with van der Waals surface area (Å²) in [6.45, 7) is 6.64. The van der Waals surface area contributed by atoms with Gasteiger partial charge in [0.2, 0.25) is 5.91 Å². The molecule has 0 bridgehead atoms. The summed E-state index contributed by atoms with van der Waals surface area (Å²) in [5.41, 5.74) is 7.21. The molecule has 19 heavy (non-hydrogen) atoms. The van der Waals surface area contributed by atoms with E-state index < -0.39 is 0 Å². The van der Waals surface area contributed by atoms with Gasteiger partial charge in [0, 0.05) is 17.8 Å². The molecule has 104 valence electrons. The van der Waals surface area contributed by atoms with Crippen molar-refractivity contribution in [2.24, 2.45) is 11.7 Å². The Morgan fingerprint density at radius 1 is 1.26 bits per heavy atom. The Morgan fingerprint density at radius 3 is 2.32 bits per heavy atom. The Hall–Kier alpha value is -1.62. The first-order valence-electron chi connectivity index (χ1n) is 6.34. The van der Waals surface area contributed by atoms with Gasteiger partial charge in [0.15, 0.2) is 0 Å². The van der Waals surface area contributed by atoms with E-state index in [1.54, 1.807) is 0 Å². The average Bonchev–Trinajstić information content (AvgIpc) is 2.36. The van der Waals surface area contributed by atoms with Gasteiger partial charge in [-0.1, -0.05) is 26.1 Å². The molecule has 0 aliphatic carbocycles. The quantitative estimate of drug-likeness (QED) is 0.696. The fraction of sp³-hybridized carbons (Fsp3) is 0.429. The number of amides is 1. The molecule has 1 aromatic rings. The number of nitrogens with two attached hydrogens (primary N) is 1. The lowest BCUT2D eigenvalue weighted by atomic mass is 10.2. The van der Waals surface area contributed by atoms with Crippen LogP contribution in [0.15, 0.2) is 24.3 Å². The molecule has 1 amide bonds. The number of thiocarbonyl (C=S) groups is 1. The van der Waals surface area contributed by atoms with Crippen LogP contribution in [0.4, 0.5) is 5.69 Å². The molecule has 0 aliphatic rings. The molecular formula is C14H21N3OS. The zero-order valence-corrected chi connectivity index (χ0v) is 12.4. The van der Waals surface area contributed by atoms with E-state index in [9.17, 15) is 4.79 Å². The van der Waals surface area contributed by atoms with Crippen molar-refractivity contribution in [1.82, 2.24) is 5.32 Å². The number of hydrogen-bond acceptors (Lipinski definition) is 3. The molecule has 0 spiro atoms. The second-order valence-electron chi connectivity index (χ2n) is 4.95. The Morgan fingerprint density at radius 2 is 1.84 bits per heavy atom. The van der Waals surface area contributed by atoms with Gasteiger partial charge < -0.3 is 16.4 Å². The predicted molar refractivity (Wildman–Crippen MR) is 83.3 cm³/mol. The highest BCUT2D eigenvalue weighted by Gasteiger charge is 2.12. The van der Waals surface area contributed by atoms with Crippen LogP contribution in [0.25, 0.3) is 0 Å². The SMILES string of the molecule is CC(C)CNC(=O)C(C)Nc1ccc(C(N)=S)cc1. The smallest absolute Gasteiger partial charge is 0.242 e. The lowest BCUT2D eigenvalue weighted by Gasteiger charge is -2.16. The summed E-state index contributed by atoms with van der Waals surface area (Å²) < 4.78 is 0. The van der Waals surface area contributed by atoms with Crippen molar-refractivity contribution >= 4 is 28.8 Å². The van der Waals surface area contributed by atoms with E-state index in [1.165, 1.54) is 0 Å². The van der Waals surface area contributed by atoms with Gasteiger partial charge in [-0.2, -0.15) is 0 Å². The minimum absolute atomic E-state index is 0.00729. The van der Waals surface area contributed by atoms with Crippen LogP contribution in [-0.2, 0) is 4.79 Å². The second-order valence-corrected chi connectivity index (χ2v) is 5.39. The van der Waals surface area contributed by atoms with Gasteiger partial charge in [-0.3, -0.25) is 4.79 Å². The van der Waals surface area contributed by atoms with Crippen LogP contribution in [0.2, 0.25) is 0 Å². The number of hydrogen-bond donors (Lipinski definition) is 3. The molecular weight excluding hydrogens is 258 g/mol. The van der Waals surface area contributed by atoms with Crippen LogP contribution in [0, 0.1) is 5.92 Å². The van der Waals surface area contributed by atoms with E-state index >= 15 is 0 Å². The molecule has 5 heteroatoms. The van der Waals surface area contributed by atoms with Gasteiger partial charge in [-0.05, 0) is 37.1 Å². The Kier molecular flexibility index (Phi) is 5.76. The molecule has 1 aromatic carbocycles. The van der Waals surface area contributed by atoms with Crippen LogP contribution in [0.3, 0.4) is 0 Å². The molecule has 0 fully saturated rings. The first-order valence-corrected chi connectivity index (χ1v) is 6.75. The van der Waals surface area contributed by atoms with Crippen molar-refractivity contribution < 1.29 is 4.79 Å². The van der Waals surface area contributed by atoms with Gasteiger partial charge in [0.25, 0.3) is 0 Å². The second kappa shape index (κ2) is 7.09. The van der Waals surface area contributed by atoms with Crippen LogP contribution >= 0.6 is 12.2 Å². The van der Waals surface area contributed by atoms with E-state index in [-0.39, 0.29) is 11.9 Å². The van der Waals surface area contributed by atoms with Crippen LogP contribution in [-0.4, -0.2) is 23.5 Å². The maximum Gasteiger partial charge on any atom is 0.242 e. The maximum absolute atomic E-state index is 11.8. The third kappa shape index (κ3) is 5.26. The van der Waals surface area contributed by atoms with E-state index in [1.807, 2.05) is 31.2 Å². The molecule has 1 rings (SSSR count). The summed E-state index contributed by atoms with van der Waals surface area (Å²) in [6, 6.07) is 7.11. The van der Waals surface area contributed by atoms with Gasteiger partial charge in [-0.15, -0.1) is 0 Å². The van der Waals surface area contributed by atoms with Gasteiger partial charge >= 0.3 is 0 Å². The zero-order valence-electron chi connectivity index (χ0n) is 11.6. The number of carbonyl (C=O) groups is 1. The minimum Gasteiger partial charge on any atom is -0.389 e. The molecule has 4 N–H and O–H groups in total. The fourth-order valence-electron chi connectivity index (χ4n) is 1.50. The van der Waals surface area contributed by atoms with Crippen LogP contribution in [0.1, 0.15) is 26.3 Å². The molecule has 0 heterocycles. The minimum atomic E-state index is -0.283. The molecule has 0 radical (unpaired) electrons. The molecule has 1 atom stereocenters. The first-order chi connectivity index (χ1) is 8.90. The maximum atomic E-state index is 11.8. The lowest BCUT2D eigenvalue weighted by Crippen LogP contribution is -2.39. The summed E-state index contributed by atoms with van der Waals surface area (Å²) in [5.74, 6) is 0.438. The van der Waals surface area contributed by atoms with Crippen molar-refractivity contribution in [2.75, 3.05) is 11.9 Å². The highest BCUT2D eigenvalue weighted by Crippen LogP contribution is 2.10. The van der Waals surface area contributed by atoms with Crippen molar-refractivity contribution in [3.8, 4) is 0 Å². The summed E-state index contributed by atoms with van der Waals surface area (Å²) in [6.07, 6.45) is 0. The Labute approximate surface area is 119 Å². The molecule has 1 unspecified atom stereocenters. The monoisotopic (exact) mass is 279 g/mol. The zero-order chi connectivity index (χ0) is 14.4. The van der Waals surface area contributed by atoms with Gasteiger partial charge in [0.1, 0.15) is 11.0 Å². The summed E-state index contributed by atoms with van der Waals surface area (Å²) in [7, 11) is 0. The van der Waals surface area contributed by atoms with Gasteiger partial charge in [0.05, 0.1) is 0 Å². The summed E-state index contributed by atoms with van der Waals surface area (Å²) in [5, 5.41) is 6.02. The van der Waals surface area contributed by atoms with Crippen molar-refractivity contribution in [3.05, 3.63) is 29.8 Å². The lowest BCUT2D eigenvalue weighted by molar-refractivity contribution is -0.121. The number of rotatable bonds is 6. The Balaban J connectivity index is 2.54. The molecule has 0 aliphatic heterocycles.